The largest absolute Gasteiger partial charge is 0.384 e. The number of anilines is 3. The van der Waals surface area contributed by atoms with Gasteiger partial charge in [-0.2, -0.15) is 9.29 Å². The molecule has 33 heavy (non-hydrogen) atoms. The average Bonchev–Trinajstić information content (AvgIpc) is 3.21. The molecule has 2 fully saturated rings. The minimum atomic E-state index is -3.31. The van der Waals surface area contributed by atoms with Gasteiger partial charge in [-0.15, -0.1) is 0 Å². The summed E-state index contributed by atoms with van der Waals surface area (Å²) in [5, 5.41) is 0. The van der Waals surface area contributed by atoms with Crippen LogP contribution >= 0.6 is 0 Å². The van der Waals surface area contributed by atoms with Gasteiger partial charge < -0.3 is 25.0 Å². The Balaban J connectivity index is 1.44. The van der Waals surface area contributed by atoms with Crippen LogP contribution in [0, 0.1) is 0 Å². The van der Waals surface area contributed by atoms with Crippen LogP contribution in [-0.4, -0.2) is 104 Å². The van der Waals surface area contributed by atoms with Crippen molar-refractivity contribution >= 4 is 27.7 Å². The van der Waals surface area contributed by atoms with Gasteiger partial charge in [-0.3, -0.25) is 0 Å². The lowest BCUT2D eigenvalue weighted by molar-refractivity contribution is 0.122. The highest BCUT2D eigenvalue weighted by Crippen LogP contribution is 2.38. The molecule has 3 aliphatic rings. The molecule has 2 N–H and O–H groups in total. The molecule has 0 aromatic carbocycles. The van der Waals surface area contributed by atoms with Crippen LogP contribution in [0.15, 0.2) is 12.4 Å². The lowest BCUT2D eigenvalue weighted by atomic mass is 10.1. The third kappa shape index (κ3) is 4.33. The summed E-state index contributed by atoms with van der Waals surface area (Å²) in [5.74, 6) is 1.71. The third-order valence-electron chi connectivity index (χ3n) is 6.30. The van der Waals surface area contributed by atoms with Gasteiger partial charge in [0, 0.05) is 63.4 Å². The molecule has 3 aliphatic heterocycles. The highest BCUT2D eigenvalue weighted by atomic mass is 32.2. The Morgan fingerprint density at radius 2 is 1.88 bits per heavy atom. The normalized spacial score (nSPS) is 19.5. The number of methoxy groups -OCH3 is 1. The fourth-order valence-electron chi connectivity index (χ4n) is 4.38. The van der Waals surface area contributed by atoms with Gasteiger partial charge in [0.1, 0.15) is 5.82 Å². The maximum absolute atomic E-state index is 12.5. The minimum absolute atomic E-state index is 0.00254. The molecule has 0 amide bonds. The molecule has 5 heterocycles. The summed E-state index contributed by atoms with van der Waals surface area (Å²) in [5.41, 5.74) is 8.30. The van der Waals surface area contributed by atoms with Crippen LogP contribution in [-0.2, 0) is 25.9 Å². The van der Waals surface area contributed by atoms with Crippen molar-refractivity contribution in [3.63, 3.8) is 0 Å². The van der Waals surface area contributed by atoms with E-state index in [1.54, 1.807) is 12.4 Å². The maximum Gasteiger partial charge on any atom is 0.228 e. The predicted octanol–water partition coefficient (Wildman–Crippen LogP) is -0.625. The molecule has 12 nitrogen and oxygen atoms in total. The molecule has 0 atom stereocenters. The Bertz CT molecular complexity index is 1100. The van der Waals surface area contributed by atoms with Gasteiger partial charge in [0.15, 0.2) is 0 Å². The molecule has 0 spiro atoms. The number of nitrogens with zero attached hydrogens (tertiary/aromatic N) is 7. The summed E-state index contributed by atoms with van der Waals surface area (Å²) in [6, 6.07) is 0.0755. The Hall–Kier alpha value is -2.61. The summed E-state index contributed by atoms with van der Waals surface area (Å²) in [6.07, 6.45) is 4.14. The van der Waals surface area contributed by atoms with Gasteiger partial charge in [0.25, 0.3) is 0 Å². The average molecular weight is 477 g/mol. The number of ether oxygens (including phenoxy) is 2. The van der Waals surface area contributed by atoms with Crippen LogP contribution in [0.1, 0.15) is 5.56 Å². The number of sulfonamides is 1. The van der Waals surface area contributed by atoms with E-state index in [0.29, 0.717) is 45.3 Å². The lowest BCUT2D eigenvalue weighted by Gasteiger charge is -2.43. The molecular formula is C20H28N8O4S. The first-order chi connectivity index (χ1) is 16.0. The number of hydrogen-bond acceptors (Lipinski definition) is 11. The first-order valence-corrected chi connectivity index (χ1v) is 12.6. The number of hydrogen-bond donors (Lipinski definition) is 1. The Morgan fingerprint density at radius 3 is 2.58 bits per heavy atom. The van der Waals surface area contributed by atoms with Crippen LogP contribution < -0.4 is 15.5 Å². The van der Waals surface area contributed by atoms with Gasteiger partial charge in [-0.25, -0.2) is 23.4 Å². The SMILES string of the molecule is COCCS(=O)(=O)N1CC(N2CCc3c(-c4cnc(N)nc4)nc(N4CCOCC4)nc32)C1. The smallest absolute Gasteiger partial charge is 0.228 e. The number of morpholine rings is 1. The first-order valence-electron chi connectivity index (χ1n) is 11.0. The van der Waals surface area contributed by atoms with E-state index < -0.39 is 10.0 Å². The Morgan fingerprint density at radius 1 is 1.15 bits per heavy atom. The van der Waals surface area contributed by atoms with Crippen LogP contribution in [0.4, 0.5) is 17.7 Å². The van der Waals surface area contributed by atoms with E-state index in [0.717, 1.165) is 35.6 Å². The second-order valence-electron chi connectivity index (χ2n) is 8.33. The van der Waals surface area contributed by atoms with Gasteiger partial charge in [-0.05, 0) is 6.42 Å². The highest BCUT2D eigenvalue weighted by molar-refractivity contribution is 7.89. The molecule has 0 bridgehead atoms. The second-order valence-corrected chi connectivity index (χ2v) is 10.4. The number of rotatable bonds is 7. The van der Waals surface area contributed by atoms with E-state index >= 15 is 0 Å². The van der Waals surface area contributed by atoms with Gasteiger partial charge in [0.2, 0.25) is 21.9 Å². The van der Waals surface area contributed by atoms with Crippen molar-refractivity contribution in [1.29, 1.82) is 0 Å². The Labute approximate surface area is 192 Å². The van der Waals surface area contributed by atoms with E-state index in [-0.39, 0.29) is 24.3 Å². The van der Waals surface area contributed by atoms with Crippen LogP contribution in [0.3, 0.4) is 0 Å². The molecule has 178 valence electrons. The summed E-state index contributed by atoms with van der Waals surface area (Å²) in [4.78, 5) is 22.4. The standard InChI is InChI=1S/C20H28N8O4S/c1-31-8-9-33(29,30)27-12-15(13-27)28-3-2-16-17(14-10-22-19(21)23-11-14)24-20(25-18(16)28)26-4-6-32-7-5-26/h10-11,15H,2-9,12-13H2,1H3,(H2,21,22,23). The number of nitrogen functional groups attached to an aromatic ring is 1. The van der Waals surface area contributed by atoms with E-state index in [1.807, 2.05) is 0 Å². The third-order valence-corrected chi connectivity index (χ3v) is 8.06. The zero-order valence-corrected chi connectivity index (χ0v) is 19.4. The molecule has 0 unspecified atom stereocenters. The van der Waals surface area contributed by atoms with Crippen molar-refractivity contribution in [3.05, 3.63) is 18.0 Å². The molecule has 2 aromatic rings. The minimum Gasteiger partial charge on any atom is -0.384 e. The molecule has 0 aliphatic carbocycles. The summed E-state index contributed by atoms with van der Waals surface area (Å²) < 4.78 is 36.9. The first kappa shape index (κ1) is 22.2. The van der Waals surface area contributed by atoms with Crippen LogP contribution in [0.2, 0.25) is 0 Å². The predicted molar refractivity (Wildman–Crippen MR) is 123 cm³/mol. The van der Waals surface area contributed by atoms with E-state index in [1.165, 1.54) is 11.4 Å². The van der Waals surface area contributed by atoms with E-state index in [9.17, 15) is 8.42 Å². The van der Waals surface area contributed by atoms with Crippen LogP contribution in [0.5, 0.6) is 0 Å². The van der Waals surface area contributed by atoms with Gasteiger partial charge in [0.05, 0.1) is 37.3 Å². The fourth-order valence-corrected chi connectivity index (χ4v) is 5.82. The lowest BCUT2D eigenvalue weighted by Crippen LogP contribution is -2.61. The quantitative estimate of drug-likeness (QED) is 0.546. The number of aromatic nitrogens is 4. The fraction of sp³-hybridized carbons (Fsp3) is 0.600. The van der Waals surface area contributed by atoms with Gasteiger partial charge in [-0.1, -0.05) is 0 Å². The zero-order chi connectivity index (χ0) is 23.0. The van der Waals surface area contributed by atoms with Crippen molar-refractivity contribution in [2.24, 2.45) is 0 Å². The van der Waals surface area contributed by atoms with Gasteiger partial charge >= 0.3 is 0 Å². The van der Waals surface area contributed by atoms with Crippen molar-refractivity contribution in [3.8, 4) is 11.3 Å². The molecule has 0 radical (unpaired) electrons. The molecule has 5 rings (SSSR count). The summed E-state index contributed by atoms with van der Waals surface area (Å²) in [7, 11) is -1.80. The second kappa shape index (κ2) is 8.97. The molecular weight excluding hydrogens is 448 g/mol. The molecule has 2 aromatic heterocycles. The monoisotopic (exact) mass is 476 g/mol. The van der Waals surface area contributed by atoms with E-state index in [4.69, 9.17) is 25.2 Å². The summed E-state index contributed by atoms with van der Waals surface area (Å²) >= 11 is 0. The number of nitrogens with two attached hydrogens (primary N) is 1. The van der Waals surface area contributed by atoms with Crippen molar-refractivity contribution < 1.29 is 17.9 Å². The highest BCUT2D eigenvalue weighted by Gasteiger charge is 2.42. The maximum atomic E-state index is 12.5. The molecule has 0 saturated carbocycles. The van der Waals surface area contributed by atoms with Crippen molar-refractivity contribution in [2.75, 3.05) is 80.9 Å². The Kier molecular flexibility index (Phi) is 6.03. The molecule has 2 saturated heterocycles. The van der Waals surface area contributed by atoms with Crippen molar-refractivity contribution in [2.45, 2.75) is 12.5 Å². The number of fused-ring (bicyclic) bond motifs is 1. The van der Waals surface area contributed by atoms with Crippen molar-refractivity contribution in [1.82, 2.24) is 24.2 Å². The molecule has 13 heteroatoms. The van der Waals surface area contributed by atoms with E-state index in [2.05, 4.69) is 19.8 Å². The topological polar surface area (TPSA) is 140 Å². The summed E-state index contributed by atoms with van der Waals surface area (Å²) in [6.45, 7) is 4.53. The zero-order valence-electron chi connectivity index (χ0n) is 18.6. The van der Waals surface area contributed by atoms with Crippen LogP contribution in [0.25, 0.3) is 11.3 Å².